The van der Waals surface area contributed by atoms with E-state index in [0.717, 1.165) is 18.8 Å². The molecule has 0 saturated heterocycles. The second-order valence-corrected chi connectivity index (χ2v) is 4.03. The highest BCUT2D eigenvalue weighted by molar-refractivity contribution is 5.35. The predicted molar refractivity (Wildman–Crippen MR) is 69.1 cm³/mol. The van der Waals surface area contributed by atoms with Crippen molar-refractivity contribution >= 4 is 0 Å². The van der Waals surface area contributed by atoms with Crippen molar-refractivity contribution in [1.29, 1.82) is 0 Å². The van der Waals surface area contributed by atoms with E-state index in [0.29, 0.717) is 12.5 Å². The Hall–Kier alpha value is -1.28. The van der Waals surface area contributed by atoms with Crippen molar-refractivity contribution in [2.24, 2.45) is 0 Å². The predicted octanol–water partition coefficient (Wildman–Crippen LogP) is 2.96. The van der Waals surface area contributed by atoms with Crippen molar-refractivity contribution < 1.29 is 4.74 Å². The number of hydrogen-bond donors (Lipinski definition) is 1. The zero-order valence-corrected chi connectivity index (χ0v) is 10.2. The number of hydrogen-bond acceptors (Lipinski definition) is 2. The van der Waals surface area contributed by atoms with Gasteiger partial charge in [0.15, 0.2) is 0 Å². The van der Waals surface area contributed by atoms with E-state index in [2.05, 4.69) is 37.9 Å². The molecule has 2 heteroatoms. The van der Waals surface area contributed by atoms with Gasteiger partial charge in [0.05, 0.1) is 0 Å². The standard InChI is InChI=1S/C14H21NO/c1-4-9-15-10-11-16-14-8-6-5-7-13(14)12(2)3/h4-8,12,15H,1,9-11H2,2-3H3. The lowest BCUT2D eigenvalue weighted by atomic mass is 10.0. The largest absolute Gasteiger partial charge is 0.492 e. The zero-order valence-electron chi connectivity index (χ0n) is 10.2. The maximum atomic E-state index is 5.75. The Morgan fingerprint density at radius 1 is 1.38 bits per heavy atom. The molecule has 1 N–H and O–H groups in total. The van der Waals surface area contributed by atoms with E-state index in [4.69, 9.17) is 4.74 Å². The summed E-state index contributed by atoms with van der Waals surface area (Å²) >= 11 is 0. The monoisotopic (exact) mass is 219 g/mol. The molecule has 0 spiro atoms. The fraction of sp³-hybridized carbons (Fsp3) is 0.429. The van der Waals surface area contributed by atoms with Gasteiger partial charge in [-0.1, -0.05) is 38.1 Å². The molecule has 0 saturated carbocycles. The number of nitrogens with one attached hydrogen (secondary N) is 1. The van der Waals surface area contributed by atoms with Crippen molar-refractivity contribution in [3.05, 3.63) is 42.5 Å². The summed E-state index contributed by atoms with van der Waals surface area (Å²) in [7, 11) is 0. The van der Waals surface area contributed by atoms with Crippen molar-refractivity contribution in [3.63, 3.8) is 0 Å². The summed E-state index contributed by atoms with van der Waals surface area (Å²) in [5.74, 6) is 1.50. The molecule has 0 unspecified atom stereocenters. The minimum absolute atomic E-state index is 0.498. The van der Waals surface area contributed by atoms with Gasteiger partial charge >= 0.3 is 0 Å². The van der Waals surface area contributed by atoms with Crippen LogP contribution in [0.15, 0.2) is 36.9 Å². The normalized spacial score (nSPS) is 10.4. The van der Waals surface area contributed by atoms with Gasteiger partial charge in [0.1, 0.15) is 12.4 Å². The summed E-state index contributed by atoms with van der Waals surface area (Å²) in [5.41, 5.74) is 1.27. The summed E-state index contributed by atoms with van der Waals surface area (Å²) in [5, 5.41) is 3.21. The minimum Gasteiger partial charge on any atom is -0.492 e. The first-order valence-electron chi connectivity index (χ1n) is 5.79. The van der Waals surface area contributed by atoms with Crippen LogP contribution in [-0.4, -0.2) is 19.7 Å². The summed E-state index contributed by atoms with van der Waals surface area (Å²) in [6, 6.07) is 8.22. The maximum absolute atomic E-state index is 5.75. The lowest BCUT2D eigenvalue weighted by Gasteiger charge is -2.13. The molecule has 16 heavy (non-hydrogen) atoms. The Balaban J connectivity index is 2.43. The molecule has 0 heterocycles. The smallest absolute Gasteiger partial charge is 0.122 e. The number of ether oxygens (including phenoxy) is 1. The molecule has 1 aromatic carbocycles. The molecule has 1 aromatic rings. The molecule has 2 nitrogen and oxygen atoms in total. The molecule has 0 aliphatic rings. The van der Waals surface area contributed by atoms with E-state index in [1.54, 1.807) is 0 Å². The van der Waals surface area contributed by atoms with Gasteiger partial charge in [-0.05, 0) is 17.5 Å². The quantitative estimate of drug-likeness (QED) is 0.562. The van der Waals surface area contributed by atoms with E-state index < -0.39 is 0 Å². The van der Waals surface area contributed by atoms with Gasteiger partial charge in [0, 0.05) is 13.1 Å². The van der Waals surface area contributed by atoms with Gasteiger partial charge in [-0.2, -0.15) is 0 Å². The van der Waals surface area contributed by atoms with Gasteiger partial charge in [0.25, 0.3) is 0 Å². The van der Waals surface area contributed by atoms with Crippen molar-refractivity contribution in [3.8, 4) is 5.75 Å². The second-order valence-electron chi connectivity index (χ2n) is 4.03. The molecule has 0 aliphatic heterocycles. The molecular weight excluding hydrogens is 198 g/mol. The van der Waals surface area contributed by atoms with Crippen LogP contribution in [-0.2, 0) is 0 Å². The van der Waals surface area contributed by atoms with Crippen LogP contribution >= 0.6 is 0 Å². The molecular formula is C14H21NO. The van der Waals surface area contributed by atoms with E-state index in [1.807, 2.05) is 18.2 Å². The van der Waals surface area contributed by atoms with Crippen LogP contribution in [0.3, 0.4) is 0 Å². The van der Waals surface area contributed by atoms with Gasteiger partial charge in [0.2, 0.25) is 0 Å². The molecule has 0 fully saturated rings. The van der Waals surface area contributed by atoms with E-state index >= 15 is 0 Å². The average molecular weight is 219 g/mol. The first-order valence-corrected chi connectivity index (χ1v) is 5.79. The number of benzene rings is 1. The van der Waals surface area contributed by atoms with Crippen LogP contribution in [0.1, 0.15) is 25.3 Å². The van der Waals surface area contributed by atoms with Crippen molar-refractivity contribution in [2.45, 2.75) is 19.8 Å². The fourth-order valence-corrected chi connectivity index (χ4v) is 1.53. The fourth-order valence-electron chi connectivity index (χ4n) is 1.53. The average Bonchev–Trinajstić information content (AvgIpc) is 2.29. The van der Waals surface area contributed by atoms with E-state index in [1.165, 1.54) is 5.56 Å². The molecule has 1 rings (SSSR count). The first-order chi connectivity index (χ1) is 7.75. The zero-order chi connectivity index (χ0) is 11.8. The van der Waals surface area contributed by atoms with Gasteiger partial charge in [-0.25, -0.2) is 0 Å². The summed E-state index contributed by atoms with van der Waals surface area (Å²) < 4.78 is 5.75. The van der Waals surface area contributed by atoms with Gasteiger partial charge in [-0.15, -0.1) is 6.58 Å². The highest BCUT2D eigenvalue weighted by atomic mass is 16.5. The van der Waals surface area contributed by atoms with Crippen LogP contribution in [0, 0.1) is 0 Å². The molecule has 0 aliphatic carbocycles. The van der Waals surface area contributed by atoms with Crippen LogP contribution in [0.25, 0.3) is 0 Å². The van der Waals surface area contributed by atoms with E-state index in [-0.39, 0.29) is 0 Å². The number of para-hydroxylation sites is 1. The second kappa shape index (κ2) is 7.07. The molecule has 0 radical (unpaired) electrons. The molecule has 0 aromatic heterocycles. The Morgan fingerprint density at radius 2 is 2.12 bits per heavy atom. The minimum atomic E-state index is 0.498. The summed E-state index contributed by atoms with van der Waals surface area (Å²) in [6.45, 7) is 10.4. The Kier molecular flexibility index (Phi) is 5.65. The Morgan fingerprint density at radius 3 is 2.81 bits per heavy atom. The Labute approximate surface area is 98.3 Å². The molecule has 0 bridgehead atoms. The molecule has 0 atom stereocenters. The molecule has 0 amide bonds. The highest BCUT2D eigenvalue weighted by Crippen LogP contribution is 2.25. The lowest BCUT2D eigenvalue weighted by molar-refractivity contribution is 0.312. The maximum Gasteiger partial charge on any atom is 0.122 e. The van der Waals surface area contributed by atoms with Crippen LogP contribution in [0.5, 0.6) is 5.75 Å². The first kappa shape index (κ1) is 12.8. The summed E-state index contributed by atoms with van der Waals surface area (Å²) in [6.07, 6.45) is 1.85. The topological polar surface area (TPSA) is 21.3 Å². The van der Waals surface area contributed by atoms with Crippen molar-refractivity contribution in [1.82, 2.24) is 5.32 Å². The Bertz CT molecular complexity index is 320. The van der Waals surface area contributed by atoms with Crippen LogP contribution in [0.4, 0.5) is 0 Å². The third-order valence-electron chi connectivity index (χ3n) is 2.37. The van der Waals surface area contributed by atoms with Crippen molar-refractivity contribution in [2.75, 3.05) is 19.7 Å². The SMILES string of the molecule is C=CCNCCOc1ccccc1C(C)C. The van der Waals surface area contributed by atoms with Gasteiger partial charge in [-0.3, -0.25) is 0 Å². The lowest BCUT2D eigenvalue weighted by Crippen LogP contribution is -2.21. The molecule has 88 valence electrons. The summed E-state index contributed by atoms with van der Waals surface area (Å²) in [4.78, 5) is 0. The van der Waals surface area contributed by atoms with Crippen LogP contribution < -0.4 is 10.1 Å². The van der Waals surface area contributed by atoms with Gasteiger partial charge < -0.3 is 10.1 Å². The third-order valence-corrected chi connectivity index (χ3v) is 2.37. The van der Waals surface area contributed by atoms with Crippen LogP contribution in [0.2, 0.25) is 0 Å². The number of rotatable bonds is 7. The third kappa shape index (κ3) is 4.07. The van der Waals surface area contributed by atoms with E-state index in [9.17, 15) is 0 Å². The highest BCUT2D eigenvalue weighted by Gasteiger charge is 2.05.